The quantitative estimate of drug-likeness (QED) is 0.127. The van der Waals surface area contributed by atoms with Gasteiger partial charge < -0.3 is 0 Å². The molecule has 6 aromatic rings. The molecule has 6 aromatic carbocycles. The molecule has 0 N–H and O–H groups in total. The normalized spacial score (nSPS) is 12.7. The zero-order valence-electron chi connectivity index (χ0n) is 26.3. The second kappa shape index (κ2) is 18.1. The first-order chi connectivity index (χ1) is 21.5. The van der Waals surface area contributed by atoms with Crippen LogP contribution in [0, 0.1) is 13.8 Å². The summed E-state index contributed by atoms with van der Waals surface area (Å²) in [5, 5.41) is 5.57. The van der Waals surface area contributed by atoms with Crippen LogP contribution in [-0.4, -0.2) is 9.52 Å². The monoisotopic (exact) mass is 710 g/mol. The van der Waals surface area contributed by atoms with Crippen LogP contribution >= 0.6 is 17.0 Å². The van der Waals surface area contributed by atoms with Crippen molar-refractivity contribution in [3.63, 3.8) is 0 Å². The van der Waals surface area contributed by atoms with Crippen molar-refractivity contribution in [3.05, 3.63) is 132 Å². The maximum atomic E-state index is 4.93. The van der Waals surface area contributed by atoms with Crippen molar-refractivity contribution in [2.24, 2.45) is 0 Å². The summed E-state index contributed by atoms with van der Waals surface area (Å²) in [6.45, 7) is 8.64. The number of benzene rings is 4. The Morgan fingerprint density at radius 3 is 1.82 bits per heavy atom. The Bertz CT molecular complexity index is 1690. The molecule has 224 valence electrons. The van der Waals surface area contributed by atoms with Crippen molar-refractivity contribution >= 4 is 48.1 Å². The third-order valence-electron chi connectivity index (χ3n) is 8.27. The van der Waals surface area contributed by atoms with Gasteiger partial charge in [-0.15, -0.1) is 68.6 Å². The van der Waals surface area contributed by atoms with Crippen LogP contribution in [0.2, 0.25) is 13.1 Å². The molecule has 0 saturated heterocycles. The summed E-state index contributed by atoms with van der Waals surface area (Å²) >= 11 is -0.826. The van der Waals surface area contributed by atoms with E-state index in [-0.39, 0.29) is 0 Å². The average Bonchev–Trinajstić information content (AvgIpc) is 3.68. The summed E-state index contributed by atoms with van der Waals surface area (Å²) in [5.74, 6) is 0.787. The minimum Gasteiger partial charge on any atom is -0.164 e. The van der Waals surface area contributed by atoms with E-state index in [1.807, 2.05) is 0 Å². The molecule has 2 radical (unpaired) electrons. The molecule has 0 heterocycles. The van der Waals surface area contributed by atoms with Gasteiger partial charge in [-0.3, -0.25) is 0 Å². The summed E-state index contributed by atoms with van der Waals surface area (Å²) < 4.78 is 0. The van der Waals surface area contributed by atoms with Crippen LogP contribution in [0.1, 0.15) is 54.7 Å². The van der Waals surface area contributed by atoms with Crippen LogP contribution in [-0.2, 0) is 20.8 Å². The Kier molecular flexibility index (Phi) is 14.2. The predicted octanol–water partition coefficient (Wildman–Crippen LogP) is 13.3. The van der Waals surface area contributed by atoms with E-state index in [0.717, 1.165) is 15.4 Å². The molecule has 0 atom stereocenters. The zero-order chi connectivity index (χ0) is 31.3. The Morgan fingerprint density at radius 2 is 1.23 bits per heavy atom. The summed E-state index contributed by atoms with van der Waals surface area (Å²) in [7, 11) is 11.0. The van der Waals surface area contributed by atoms with Crippen molar-refractivity contribution in [3.8, 4) is 22.3 Å². The molecule has 44 heavy (non-hydrogen) atoms. The first-order valence-electron chi connectivity index (χ1n) is 15.5. The maximum absolute atomic E-state index is 4.93. The summed E-state index contributed by atoms with van der Waals surface area (Å²) in [6, 6.07) is 41.9. The first-order valence-corrected chi connectivity index (χ1v) is 23.8. The molecular formula is C40H42Cl2SiZr. The fourth-order valence-electron chi connectivity index (χ4n) is 6.26. The van der Waals surface area contributed by atoms with E-state index in [0.29, 0.717) is 0 Å². The van der Waals surface area contributed by atoms with E-state index in [4.69, 9.17) is 17.0 Å². The van der Waals surface area contributed by atoms with Gasteiger partial charge in [0.1, 0.15) is 0 Å². The van der Waals surface area contributed by atoms with Crippen LogP contribution in [0.5, 0.6) is 0 Å². The largest absolute Gasteiger partial charge is 0.164 e. The molecule has 0 bridgehead atoms. The smallest absolute Gasteiger partial charge is 0.0279 e. The SMILES string of the molecule is C[Si]C.Cc1cc2c(-c3ccccc3)ccc(C)c2[cH-]1.[Cl][Zr+2][Cl].c1ccc(-c2cccc3[cH-]c(C4CCCCC4)cc23)cc1. The second-order valence-electron chi connectivity index (χ2n) is 11.5. The topological polar surface area (TPSA) is 0 Å². The molecule has 1 aliphatic carbocycles. The number of fused-ring (bicyclic) bond motifs is 2. The summed E-state index contributed by atoms with van der Waals surface area (Å²) in [4.78, 5) is 0. The zero-order valence-corrected chi connectivity index (χ0v) is 31.3. The maximum Gasteiger partial charge on any atom is -0.0279 e. The van der Waals surface area contributed by atoms with Crippen LogP contribution in [0.25, 0.3) is 43.8 Å². The molecule has 0 unspecified atom stereocenters. The molecule has 1 aliphatic rings. The number of halogens is 2. The Hall–Kier alpha value is -2.22. The molecule has 0 aliphatic heterocycles. The summed E-state index contributed by atoms with van der Waals surface area (Å²) in [5.41, 5.74) is 9.58. The van der Waals surface area contributed by atoms with Crippen LogP contribution in [0.4, 0.5) is 0 Å². The van der Waals surface area contributed by atoms with Gasteiger partial charge in [-0.25, -0.2) is 0 Å². The summed E-state index contributed by atoms with van der Waals surface area (Å²) in [6.07, 6.45) is 6.97. The van der Waals surface area contributed by atoms with Crippen molar-refractivity contribution in [1.29, 1.82) is 0 Å². The van der Waals surface area contributed by atoms with E-state index >= 15 is 0 Å². The second-order valence-corrected chi connectivity index (χ2v) is 16.3. The van der Waals surface area contributed by atoms with E-state index in [1.54, 1.807) is 5.56 Å². The fraction of sp³-hybridized carbons (Fsp3) is 0.250. The molecule has 1 saturated carbocycles. The Balaban J connectivity index is 0.000000173. The van der Waals surface area contributed by atoms with Gasteiger partial charge >= 0.3 is 37.9 Å². The van der Waals surface area contributed by atoms with Crippen molar-refractivity contribution < 1.29 is 20.8 Å². The van der Waals surface area contributed by atoms with Gasteiger partial charge in [0, 0.05) is 9.52 Å². The van der Waals surface area contributed by atoms with Crippen molar-refractivity contribution in [1.82, 2.24) is 0 Å². The van der Waals surface area contributed by atoms with Gasteiger partial charge in [-0.1, -0.05) is 130 Å². The van der Waals surface area contributed by atoms with Crippen molar-refractivity contribution in [2.45, 2.75) is 65.0 Å². The molecular weight excluding hydrogens is 671 g/mol. The molecule has 4 heteroatoms. The molecule has 0 spiro atoms. The van der Waals surface area contributed by atoms with Gasteiger partial charge in [-0.2, -0.15) is 12.1 Å². The minimum atomic E-state index is -0.826. The van der Waals surface area contributed by atoms with Gasteiger partial charge in [-0.05, 0) is 29.9 Å². The van der Waals surface area contributed by atoms with Gasteiger partial charge in [0.25, 0.3) is 0 Å². The average molecular weight is 713 g/mol. The fourth-order valence-corrected chi connectivity index (χ4v) is 6.26. The molecule has 1 fully saturated rings. The molecule has 0 aromatic heterocycles. The van der Waals surface area contributed by atoms with E-state index in [9.17, 15) is 0 Å². The van der Waals surface area contributed by atoms with Crippen LogP contribution < -0.4 is 0 Å². The number of hydrogen-bond acceptors (Lipinski definition) is 0. The predicted molar refractivity (Wildman–Crippen MR) is 194 cm³/mol. The van der Waals surface area contributed by atoms with Crippen LogP contribution in [0.15, 0.2) is 115 Å². The van der Waals surface area contributed by atoms with E-state index < -0.39 is 20.8 Å². The molecule has 0 nitrogen and oxygen atoms in total. The molecule has 7 rings (SSSR count). The van der Waals surface area contributed by atoms with Gasteiger partial charge in [0.05, 0.1) is 0 Å². The van der Waals surface area contributed by atoms with Crippen molar-refractivity contribution in [2.75, 3.05) is 0 Å². The van der Waals surface area contributed by atoms with E-state index in [1.165, 1.54) is 87.0 Å². The van der Waals surface area contributed by atoms with E-state index in [2.05, 4.69) is 142 Å². The number of aryl methyl sites for hydroxylation is 2. The first kappa shape index (κ1) is 34.6. The van der Waals surface area contributed by atoms with Crippen LogP contribution in [0.3, 0.4) is 0 Å². The van der Waals surface area contributed by atoms with Gasteiger partial charge in [0.2, 0.25) is 0 Å². The third kappa shape index (κ3) is 9.17. The Labute approximate surface area is 286 Å². The number of rotatable bonds is 3. The number of hydrogen-bond donors (Lipinski definition) is 0. The standard InChI is InChI=1S/C21H21.C17H15.C2H6Si.2ClH.Zr/c1-3-8-16(9-4-1)19-14-18-12-7-13-20(21(18)15-19)17-10-5-2-6-11-17;1-12-10-16-13(2)8-9-15(17(16)11-12)14-6-4-3-5-7-14;1-3-2;;;/h2,5-7,10-16H,1,3-4,8-9H2;3-11H,1-2H3;1-2H3;2*1H;/q2*-1;;;;+4/p-2. The molecule has 0 amide bonds. The van der Waals surface area contributed by atoms with Gasteiger partial charge in [0.15, 0.2) is 0 Å². The third-order valence-corrected chi connectivity index (χ3v) is 8.27. The minimum absolute atomic E-state index is 0.787. The Morgan fingerprint density at radius 1 is 0.659 bits per heavy atom.